The van der Waals surface area contributed by atoms with E-state index in [9.17, 15) is 22.0 Å². The van der Waals surface area contributed by atoms with Gasteiger partial charge < -0.3 is 0 Å². The first-order valence-corrected chi connectivity index (χ1v) is 4.86. The van der Waals surface area contributed by atoms with Crippen LogP contribution in [0.1, 0.15) is 5.56 Å². The van der Waals surface area contributed by atoms with Crippen LogP contribution in [0, 0.1) is 11.6 Å². The molecule has 6 heteroatoms. The summed E-state index contributed by atoms with van der Waals surface area (Å²) in [5.74, 6) is -1.76. The lowest BCUT2D eigenvalue weighted by molar-refractivity contribution is -0.137. The highest BCUT2D eigenvalue weighted by atomic mass is 19.4. The Morgan fingerprint density at radius 2 is 1.67 bits per heavy atom. The quantitative estimate of drug-likeness (QED) is 0.704. The second kappa shape index (κ2) is 4.36. The van der Waals surface area contributed by atoms with Crippen molar-refractivity contribution in [3.8, 4) is 11.3 Å². The first kappa shape index (κ1) is 12.5. The third-order valence-corrected chi connectivity index (χ3v) is 2.29. The molecule has 0 aliphatic carbocycles. The van der Waals surface area contributed by atoms with Crippen LogP contribution >= 0.6 is 0 Å². The fourth-order valence-electron chi connectivity index (χ4n) is 1.45. The summed E-state index contributed by atoms with van der Waals surface area (Å²) >= 11 is 0. The SMILES string of the molecule is Fc1ccc(-c2cc(C(F)(F)F)ccn2)c(F)c1. The van der Waals surface area contributed by atoms with E-state index in [-0.39, 0.29) is 11.3 Å². The Labute approximate surface area is 98.9 Å². The molecule has 0 saturated heterocycles. The number of hydrogen-bond acceptors (Lipinski definition) is 1. The molecule has 0 spiro atoms. The minimum atomic E-state index is -4.53. The lowest BCUT2D eigenvalue weighted by atomic mass is 10.1. The van der Waals surface area contributed by atoms with Crippen LogP contribution in [0.2, 0.25) is 0 Å². The Morgan fingerprint density at radius 3 is 2.28 bits per heavy atom. The number of hydrogen-bond donors (Lipinski definition) is 0. The second-order valence-electron chi connectivity index (χ2n) is 3.55. The maximum absolute atomic E-state index is 13.4. The number of pyridine rings is 1. The first-order valence-electron chi connectivity index (χ1n) is 4.86. The molecule has 1 heterocycles. The zero-order valence-electron chi connectivity index (χ0n) is 8.80. The lowest BCUT2D eigenvalue weighted by Gasteiger charge is -2.08. The zero-order chi connectivity index (χ0) is 13.3. The molecule has 1 aromatic carbocycles. The van der Waals surface area contributed by atoms with Gasteiger partial charge in [-0.1, -0.05) is 0 Å². The molecule has 1 nitrogen and oxygen atoms in total. The van der Waals surface area contributed by atoms with Crippen molar-refractivity contribution in [1.82, 2.24) is 4.98 Å². The van der Waals surface area contributed by atoms with E-state index in [1.54, 1.807) is 0 Å². The zero-order valence-corrected chi connectivity index (χ0v) is 8.80. The summed E-state index contributed by atoms with van der Waals surface area (Å²) in [5, 5.41) is 0. The maximum Gasteiger partial charge on any atom is 0.416 e. The van der Waals surface area contributed by atoms with Crippen molar-refractivity contribution in [2.75, 3.05) is 0 Å². The number of halogens is 5. The molecule has 0 aliphatic rings. The number of nitrogens with zero attached hydrogens (tertiary/aromatic N) is 1. The number of alkyl halides is 3. The monoisotopic (exact) mass is 259 g/mol. The molecule has 0 amide bonds. The Kier molecular flexibility index (Phi) is 3.02. The molecular weight excluding hydrogens is 253 g/mol. The number of aromatic nitrogens is 1. The van der Waals surface area contributed by atoms with Gasteiger partial charge in [0.15, 0.2) is 0 Å². The summed E-state index contributed by atoms with van der Waals surface area (Å²) < 4.78 is 63.5. The highest BCUT2D eigenvalue weighted by Gasteiger charge is 2.30. The summed E-state index contributed by atoms with van der Waals surface area (Å²) in [6.45, 7) is 0. The summed E-state index contributed by atoms with van der Waals surface area (Å²) in [6, 6.07) is 4.10. The predicted octanol–water partition coefficient (Wildman–Crippen LogP) is 4.05. The van der Waals surface area contributed by atoms with Crippen LogP contribution in [-0.2, 0) is 6.18 Å². The van der Waals surface area contributed by atoms with Gasteiger partial charge in [0.25, 0.3) is 0 Å². The fourth-order valence-corrected chi connectivity index (χ4v) is 1.45. The minimum absolute atomic E-state index is 0.178. The summed E-state index contributed by atoms with van der Waals surface area (Å²) in [6.07, 6.45) is -3.60. The minimum Gasteiger partial charge on any atom is -0.256 e. The molecular formula is C12H6F5N. The molecule has 2 aromatic rings. The van der Waals surface area contributed by atoms with Crippen LogP contribution in [0.5, 0.6) is 0 Å². The predicted molar refractivity (Wildman–Crippen MR) is 54.6 cm³/mol. The topological polar surface area (TPSA) is 12.9 Å². The molecule has 0 radical (unpaired) electrons. The maximum atomic E-state index is 13.4. The van der Waals surface area contributed by atoms with Crippen LogP contribution in [0.4, 0.5) is 22.0 Å². The Bertz CT molecular complexity index is 577. The summed E-state index contributed by atoms with van der Waals surface area (Å²) in [4.78, 5) is 3.65. The van der Waals surface area contributed by atoms with E-state index in [0.29, 0.717) is 6.07 Å². The van der Waals surface area contributed by atoms with Gasteiger partial charge in [-0.3, -0.25) is 4.98 Å². The van der Waals surface area contributed by atoms with Gasteiger partial charge in [0.05, 0.1) is 11.3 Å². The van der Waals surface area contributed by atoms with E-state index in [1.807, 2.05) is 0 Å². The van der Waals surface area contributed by atoms with Crippen LogP contribution in [0.3, 0.4) is 0 Å². The van der Waals surface area contributed by atoms with Crippen molar-refractivity contribution < 1.29 is 22.0 Å². The lowest BCUT2D eigenvalue weighted by Crippen LogP contribution is -2.05. The summed E-state index contributed by atoms with van der Waals surface area (Å²) in [7, 11) is 0. The molecule has 94 valence electrons. The van der Waals surface area contributed by atoms with Crippen molar-refractivity contribution in [3.63, 3.8) is 0 Å². The van der Waals surface area contributed by atoms with E-state index >= 15 is 0 Å². The van der Waals surface area contributed by atoms with E-state index in [2.05, 4.69) is 4.98 Å². The van der Waals surface area contributed by atoms with Gasteiger partial charge >= 0.3 is 6.18 Å². The number of benzene rings is 1. The largest absolute Gasteiger partial charge is 0.416 e. The normalized spacial score (nSPS) is 11.6. The van der Waals surface area contributed by atoms with E-state index < -0.39 is 23.4 Å². The fraction of sp³-hybridized carbons (Fsp3) is 0.0833. The van der Waals surface area contributed by atoms with Crippen molar-refractivity contribution in [2.24, 2.45) is 0 Å². The van der Waals surface area contributed by atoms with Gasteiger partial charge in [0.1, 0.15) is 11.6 Å². The Hall–Kier alpha value is -1.98. The van der Waals surface area contributed by atoms with Crippen molar-refractivity contribution in [3.05, 3.63) is 53.7 Å². The smallest absolute Gasteiger partial charge is 0.256 e. The molecule has 0 aliphatic heterocycles. The van der Waals surface area contributed by atoms with Gasteiger partial charge in [-0.15, -0.1) is 0 Å². The van der Waals surface area contributed by atoms with E-state index in [4.69, 9.17) is 0 Å². The standard InChI is InChI=1S/C12H6F5N/c13-8-1-2-9(10(14)6-8)11-5-7(3-4-18-11)12(15,16)17/h1-6H. The average Bonchev–Trinajstić information content (AvgIpc) is 2.28. The van der Waals surface area contributed by atoms with Crippen LogP contribution < -0.4 is 0 Å². The molecule has 0 unspecified atom stereocenters. The summed E-state index contributed by atoms with van der Waals surface area (Å²) in [5.41, 5.74) is -1.30. The molecule has 0 bridgehead atoms. The van der Waals surface area contributed by atoms with Crippen LogP contribution in [-0.4, -0.2) is 4.98 Å². The third kappa shape index (κ3) is 2.47. The van der Waals surface area contributed by atoms with Gasteiger partial charge in [-0.2, -0.15) is 13.2 Å². The molecule has 0 fully saturated rings. The Morgan fingerprint density at radius 1 is 0.944 bits per heavy atom. The first-order chi connectivity index (χ1) is 8.38. The third-order valence-electron chi connectivity index (χ3n) is 2.29. The van der Waals surface area contributed by atoms with Gasteiger partial charge in [0, 0.05) is 17.8 Å². The van der Waals surface area contributed by atoms with Gasteiger partial charge in [-0.05, 0) is 24.3 Å². The van der Waals surface area contributed by atoms with E-state index in [1.165, 1.54) is 0 Å². The van der Waals surface area contributed by atoms with Crippen molar-refractivity contribution >= 4 is 0 Å². The van der Waals surface area contributed by atoms with Crippen LogP contribution in [0.15, 0.2) is 36.5 Å². The molecule has 0 atom stereocenters. The van der Waals surface area contributed by atoms with Gasteiger partial charge in [-0.25, -0.2) is 8.78 Å². The highest BCUT2D eigenvalue weighted by Crippen LogP contribution is 2.31. The van der Waals surface area contributed by atoms with Crippen LogP contribution in [0.25, 0.3) is 11.3 Å². The van der Waals surface area contributed by atoms with Crippen molar-refractivity contribution in [2.45, 2.75) is 6.18 Å². The molecule has 18 heavy (non-hydrogen) atoms. The molecule has 1 aromatic heterocycles. The second-order valence-corrected chi connectivity index (χ2v) is 3.55. The van der Waals surface area contributed by atoms with Gasteiger partial charge in [0.2, 0.25) is 0 Å². The Balaban J connectivity index is 2.51. The molecule has 0 N–H and O–H groups in total. The highest BCUT2D eigenvalue weighted by molar-refractivity contribution is 5.60. The van der Waals surface area contributed by atoms with E-state index in [0.717, 1.165) is 30.5 Å². The molecule has 2 rings (SSSR count). The molecule has 0 saturated carbocycles. The average molecular weight is 259 g/mol. The van der Waals surface area contributed by atoms with Crippen molar-refractivity contribution in [1.29, 1.82) is 0 Å². The number of rotatable bonds is 1.